The van der Waals surface area contributed by atoms with Crippen LogP contribution in [0.15, 0.2) is 59.4 Å². The SMILES string of the molecule is CCC=Cc1nn(C(=O)CC)c(=O)n1Cc1ccc(-c2ccccc2-c2nn[nH]n2)cc1. The zero-order valence-corrected chi connectivity index (χ0v) is 17.9. The number of tetrazole rings is 1. The van der Waals surface area contributed by atoms with Gasteiger partial charge in [0, 0.05) is 12.0 Å². The Morgan fingerprint density at radius 2 is 1.81 bits per heavy atom. The van der Waals surface area contributed by atoms with E-state index < -0.39 is 5.69 Å². The number of carbonyl (C=O) groups is 1. The van der Waals surface area contributed by atoms with Crippen molar-refractivity contribution in [2.45, 2.75) is 33.2 Å². The van der Waals surface area contributed by atoms with Crippen LogP contribution in [0.5, 0.6) is 0 Å². The van der Waals surface area contributed by atoms with Crippen molar-refractivity contribution in [2.75, 3.05) is 0 Å². The zero-order chi connectivity index (χ0) is 22.5. The molecule has 0 fully saturated rings. The first-order chi connectivity index (χ1) is 15.6. The Balaban J connectivity index is 1.66. The maximum absolute atomic E-state index is 12.8. The molecule has 4 rings (SSSR count). The van der Waals surface area contributed by atoms with Gasteiger partial charge in [-0.2, -0.15) is 5.21 Å². The molecular weight excluding hydrogens is 406 g/mol. The van der Waals surface area contributed by atoms with Crippen molar-refractivity contribution in [3.8, 4) is 22.5 Å². The summed E-state index contributed by atoms with van der Waals surface area (Å²) >= 11 is 0. The van der Waals surface area contributed by atoms with Gasteiger partial charge in [-0.3, -0.25) is 9.36 Å². The molecule has 2 aromatic carbocycles. The van der Waals surface area contributed by atoms with Crippen LogP contribution in [0.3, 0.4) is 0 Å². The van der Waals surface area contributed by atoms with Crippen molar-refractivity contribution >= 4 is 12.0 Å². The van der Waals surface area contributed by atoms with E-state index in [9.17, 15) is 9.59 Å². The van der Waals surface area contributed by atoms with Gasteiger partial charge in [0.15, 0.2) is 5.82 Å². The molecular formula is C23H23N7O2. The number of H-pyrrole nitrogens is 1. The summed E-state index contributed by atoms with van der Waals surface area (Å²) in [5.74, 6) is 0.662. The van der Waals surface area contributed by atoms with Crippen LogP contribution in [0.1, 0.15) is 42.9 Å². The van der Waals surface area contributed by atoms with E-state index in [4.69, 9.17) is 0 Å². The molecule has 0 spiro atoms. The number of hydrogen-bond donors (Lipinski definition) is 1. The van der Waals surface area contributed by atoms with Crippen LogP contribution in [-0.4, -0.2) is 40.9 Å². The quantitative estimate of drug-likeness (QED) is 0.482. The second-order valence-corrected chi connectivity index (χ2v) is 7.17. The van der Waals surface area contributed by atoms with E-state index in [2.05, 4.69) is 25.7 Å². The highest BCUT2D eigenvalue weighted by molar-refractivity contribution is 5.80. The highest BCUT2D eigenvalue weighted by atomic mass is 16.2. The normalized spacial score (nSPS) is 11.3. The summed E-state index contributed by atoms with van der Waals surface area (Å²) in [6.07, 6.45) is 4.70. The average Bonchev–Trinajstić information content (AvgIpc) is 3.47. The van der Waals surface area contributed by atoms with Crippen LogP contribution >= 0.6 is 0 Å². The van der Waals surface area contributed by atoms with Crippen molar-refractivity contribution in [3.05, 3.63) is 76.5 Å². The highest BCUT2D eigenvalue weighted by Gasteiger charge is 2.16. The fourth-order valence-corrected chi connectivity index (χ4v) is 3.40. The van der Waals surface area contributed by atoms with Gasteiger partial charge in [-0.05, 0) is 34.4 Å². The Labute approximate surface area is 184 Å². The summed E-state index contributed by atoms with van der Waals surface area (Å²) in [5.41, 5.74) is 3.33. The molecule has 0 saturated carbocycles. The number of hydrogen-bond acceptors (Lipinski definition) is 6. The Morgan fingerprint density at radius 3 is 2.47 bits per heavy atom. The van der Waals surface area contributed by atoms with Crippen molar-refractivity contribution < 1.29 is 4.79 Å². The average molecular weight is 429 g/mol. The third-order valence-electron chi connectivity index (χ3n) is 5.05. The molecule has 162 valence electrons. The van der Waals surface area contributed by atoms with Gasteiger partial charge in [-0.25, -0.2) is 4.79 Å². The number of benzene rings is 2. The molecule has 0 amide bonds. The number of carbonyl (C=O) groups excluding carboxylic acids is 1. The third-order valence-corrected chi connectivity index (χ3v) is 5.05. The van der Waals surface area contributed by atoms with Gasteiger partial charge in [0.25, 0.3) is 5.91 Å². The molecule has 0 saturated heterocycles. The number of aromatic amines is 1. The van der Waals surface area contributed by atoms with E-state index in [0.717, 1.165) is 33.4 Å². The summed E-state index contributed by atoms with van der Waals surface area (Å²) in [7, 11) is 0. The van der Waals surface area contributed by atoms with E-state index in [0.29, 0.717) is 18.2 Å². The molecule has 2 aromatic heterocycles. The monoisotopic (exact) mass is 429 g/mol. The second kappa shape index (κ2) is 9.34. The van der Waals surface area contributed by atoms with Crippen LogP contribution in [0.2, 0.25) is 0 Å². The lowest BCUT2D eigenvalue weighted by Gasteiger charge is -2.09. The van der Waals surface area contributed by atoms with Crippen LogP contribution in [0.25, 0.3) is 28.6 Å². The summed E-state index contributed by atoms with van der Waals surface area (Å²) < 4.78 is 2.47. The van der Waals surface area contributed by atoms with E-state index >= 15 is 0 Å². The van der Waals surface area contributed by atoms with Gasteiger partial charge in [0.2, 0.25) is 5.82 Å². The molecule has 2 heterocycles. The minimum atomic E-state index is -0.431. The van der Waals surface area contributed by atoms with E-state index in [1.54, 1.807) is 13.0 Å². The van der Waals surface area contributed by atoms with Gasteiger partial charge in [0.05, 0.1) is 6.54 Å². The smallest absolute Gasteiger partial charge is 0.272 e. The van der Waals surface area contributed by atoms with E-state index in [1.807, 2.05) is 61.5 Å². The van der Waals surface area contributed by atoms with E-state index in [-0.39, 0.29) is 12.3 Å². The number of nitrogens with one attached hydrogen (secondary N) is 1. The Morgan fingerprint density at radius 1 is 1.06 bits per heavy atom. The second-order valence-electron chi connectivity index (χ2n) is 7.17. The maximum Gasteiger partial charge on any atom is 0.353 e. The standard InChI is InChI=1S/C23H23N7O2/c1-3-5-10-20-26-30(21(31)4-2)23(32)29(20)15-16-11-13-17(14-12-16)18-8-6-7-9-19(18)22-24-27-28-25-22/h5-14H,3-4,15H2,1-2H3,(H,24,25,27,28). The predicted molar refractivity (Wildman–Crippen MR) is 121 cm³/mol. The number of rotatable bonds is 7. The van der Waals surface area contributed by atoms with Gasteiger partial charge in [-0.1, -0.05) is 68.5 Å². The minimum Gasteiger partial charge on any atom is -0.272 e. The summed E-state index contributed by atoms with van der Waals surface area (Å²) in [6, 6.07) is 15.7. The molecule has 4 aromatic rings. The van der Waals surface area contributed by atoms with Gasteiger partial charge < -0.3 is 0 Å². The summed E-state index contributed by atoms with van der Waals surface area (Å²) in [6.45, 7) is 4.02. The summed E-state index contributed by atoms with van der Waals surface area (Å²) in [4.78, 5) is 24.9. The fourth-order valence-electron chi connectivity index (χ4n) is 3.40. The Kier molecular flexibility index (Phi) is 6.16. The summed E-state index contributed by atoms with van der Waals surface area (Å²) in [5, 5.41) is 18.5. The van der Waals surface area contributed by atoms with Gasteiger partial charge in [-0.15, -0.1) is 20.0 Å². The first-order valence-electron chi connectivity index (χ1n) is 10.4. The minimum absolute atomic E-state index is 0.211. The van der Waals surface area contributed by atoms with Crippen molar-refractivity contribution in [1.29, 1.82) is 0 Å². The first kappa shape index (κ1) is 21.1. The predicted octanol–water partition coefficient (Wildman–Crippen LogP) is 3.41. The molecule has 9 nitrogen and oxygen atoms in total. The molecule has 1 N–H and O–H groups in total. The van der Waals surface area contributed by atoms with Gasteiger partial charge >= 0.3 is 5.69 Å². The highest BCUT2D eigenvalue weighted by Crippen LogP contribution is 2.29. The van der Waals surface area contributed by atoms with Crippen molar-refractivity contribution in [3.63, 3.8) is 0 Å². The Hall–Kier alpha value is -4.14. The molecule has 9 heteroatoms. The van der Waals surface area contributed by atoms with Crippen molar-refractivity contribution in [2.24, 2.45) is 0 Å². The van der Waals surface area contributed by atoms with Crippen LogP contribution in [-0.2, 0) is 6.54 Å². The number of aromatic nitrogens is 7. The lowest BCUT2D eigenvalue weighted by Crippen LogP contribution is -2.29. The molecule has 32 heavy (non-hydrogen) atoms. The molecule has 0 unspecified atom stereocenters. The van der Waals surface area contributed by atoms with E-state index in [1.165, 1.54) is 4.57 Å². The molecule has 0 atom stereocenters. The first-order valence-corrected chi connectivity index (χ1v) is 10.4. The molecule has 0 bridgehead atoms. The Bertz CT molecular complexity index is 1300. The van der Waals surface area contributed by atoms with Crippen LogP contribution in [0, 0.1) is 0 Å². The lowest BCUT2D eigenvalue weighted by molar-refractivity contribution is 0.0887. The topological polar surface area (TPSA) is 111 Å². The molecule has 0 radical (unpaired) electrons. The van der Waals surface area contributed by atoms with Crippen LogP contribution in [0.4, 0.5) is 0 Å². The molecule has 0 aliphatic carbocycles. The maximum atomic E-state index is 12.8. The third kappa shape index (κ3) is 4.18. The zero-order valence-electron chi connectivity index (χ0n) is 17.9. The van der Waals surface area contributed by atoms with Crippen LogP contribution < -0.4 is 5.69 Å². The molecule has 0 aliphatic rings. The largest absolute Gasteiger partial charge is 0.353 e. The number of allylic oxidation sites excluding steroid dienone is 1. The fraction of sp³-hybridized carbons (Fsp3) is 0.217. The molecule has 0 aliphatic heterocycles. The van der Waals surface area contributed by atoms with Gasteiger partial charge in [0.1, 0.15) is 0 Å². The lowest BCUT2D eigenvalue weighted by atomic mass is 9.98. The number of nitrogens with zero attached hydrogens (tertiary/aromatic N) is 6. The van der Waals surface area contributed by atoms with Crippen molar-refractivity contribution in [1.82, 2.24) is 35.0 Å².